The Morgan fingerprint density at radius 1 is 1.28 bits per heavy atom. The van der Waals surface area contributed by atoms with Crippen molar-refractivity contribution in [2.45, 2.75) is 39.3 Å². The zero-order chi connectivity index (χ0) is 12.7. The number of fused-ring (bicyclic) bond motifs is 1. The standard InChI is InChI=1S/C15H17ClN2/c1-9-5-12(16)7-14-11(8-17-13-3-4-13)6-10(2)18-15(9)14/h5-7,13,17H,3-4,8H2,1-2H3. The molecule has 94 valence electrons. The number of benzene rings is 1. The minimum atomic E-state index is 0.716. The maximum Gasteiger partial charge on any atom is 0.0738 e. The first-order chi connectivity index (χ1) is 8.63. The molecule has 1 aromatic carbocycles. The average Bonchev–Trinajstić information content (AvgIpc) is 3.11. The van der Waals surface area contributed by atoms with Crippen LogP contribution in [0.5, 0.6) is 0 Å². The fourth-order valence-electron chi connectivity index (χ4n) is 2.36. The lowest BCUT2D eigenvalue weighted by molar-refractivity contribution is 0.690. The number of rotatable bonds is 3. The van der Waals surface area contributed by atoms with E-state index in [1.807, 2.05) is 19.1 Å². The number of hydrogen-bond acceptors (Lipinski definition) is 2. The van der Waals surface area contributed by atoms with Crippen molar-refractivity contribution in [1.29, 1.82) is 0 Å². The van der Waals surface area contributed by atoms with Crippen molar-refractivity contribution in [3.63, 3.8) is 0 Å². The number of aromatic nitrogens is 1. The first-order valence-electron chi connectivity index (χ1n) is 6.43. The van der Waals surface area contributed by atoms with Gasteiger partial charge in [0.05, 0.1) is 5.52 Å². The second-order valence-electron chi connectivity index (χ2n) is 5.20. The first kappa shape index (κ1) is 11.9. The van der Waals surface area contributed by atoms with Crippen LogP contribution >= 0.6 is 11.6 Å². The Morgan fingerprint density at radius 3 is 2.78 bits per heavy atom. The van der Waals surface area contributed by atoms with Gasteiger partial charge in [-0.15, -0.1) is 0 Å². The Balaban J connectivity index is 2.09. The van der Waals surface area contributed by atoms with E-state index in [0.717, 1.165) is 28.3 Å². The molecule has 3 heteroatoms. The van der Waals surface area contributed by atoms with Gasteiger partial charge < -0.3 is 5.32 Å². The normalized spacial score (nSPS) is 15.3. The molecule has 0 atom stereocenters. The molecule has 1 N–H and O–H groups in total. The predicted molar refractivity (Wildman–Crippen MR) is 76.1 cm³/mol. The van der Waals surface area contributed by atoms with Crippen LogP contribution in [0.2, 0.25) is 5.02 Å². The van der Waals surface area contributed by atoms with E-state index in [0.29, 0.717) is 6.04 Å². The molecule has 0 saturated heterocycles. The molecule has 1 aliphatic carbocycles. The molecule has 0 aliphatic heterocycles. The smallest absolute Gasteiger partial charge is 0.0738 e. The highest BCUT2D eigenvalue weighted by Crippen LogP contribution is 2.27. The van der Waals surface area contributed by atoms with Gasteiger partial charge in [0.25, 0.3) is 0 Å². The molecule has 3 rings (SSSR count). The van der Waals surface area contributed by atoms with Crippen molar-refractivity contribution in [1.82, 2.24) is 10.3 Å². The molecule has 18 heavy (non-hydrogen) atoms. The molecule has 2 nitrogen and oxygen atoms in total. The van der Waals surface area contributed by atoms with Gasteiger partial charge in [-0.05, 0) is 56.0 Å². The molecule has 0 radical (unpaired) electrons. The lowest BCUT2D eigenvalue weighted by atomic mass is 10.0. The number of nitrogens with one attached hydrogen (secondary N) is 1. The monoisotopic (exact) mass is 260 g/mol. The summed E-state index contributed by atoms with van der Waals surface area (Å²) < 4.78 is 0. The van der Waals surface area contributed by atoms with E-state index in [9.17, 15) is 0 Å². The third-order valence-corrected chi connectivity index (χ3v) is 3.66. The highest BCUT2D eigenvalue weighted by atomic mass is 35.5. The molecule has 1 aliphatic rings. The summed E-state index contributed by atoms with van der Waals surface area (Å²) in [5.41, 5.74) is 4.59. The summed E-state index contributed by atoms with van der Waals surface area (Å²) in [5, 5.41) is 5.53. The number of halogens is 1. The third-order valence-electron chi connectivity index (χ3n) is 3.44. The largest absolute Gasteiger partial charge is 0.310 e. The Morgan fingerprint density at radius 2 is 2.06 bits per heavy atom. The van der Waals surface area contributed by atoms with Crippen LogP contribution in [-0.2, 0) is 6.54 Å². The van der Waals surface area contributed by atoms with E-state index in [4.69, 9.17) is 11.6 Å². The van der Waals surface area contributed by atoms with E-state index in [-0.39, 0.29) is 0 Å². The average molecular weight is 261 g/mol. The minimum absolute atomic E-state index is 0.716. The highest BCUT2D eigenvalue weighted by molar-refractivity contribution is 6.31. The summed E-state index contributed by atoms with van der Waals surface area (Å²) >= 11 is 6.16. The van der Waals surface area contributed by atoms with Crippen molar-refractivity contribution < 1.29 is 0 Å². The van der Waals surface area contributed by atoms with Gasteiger partial charge in [0.15, 0.2) is 0 Å². The van der Waals surface area contributed by atoms with E-state index in [1.165, 1.54) is 23.8 Å². The molecule has 1 heterocycles. The fourth-order valence-corrected chi connectivity index (χ4v) is 2.63. The van der Waals surface area contributed by atoms with Gasteiger partial charge in [-0.2, -0.15) is 0 Å². The van der Waals surface area contributed by atoms with E-state index in [2.05, 4.69) is 23.3 Å². The van der Waals surface area contributed by atoms with E-state index >= 15 is 0 Å². The Hall–Kier alpha value is -1.12. The molecule has 0 bridgehead atoms. The molecule has 1 aromatic heterocycles. The third kappa shape index (κ3) is 2.36. The summed E-state index contributed by atoms with van der Waals surface area (Å²) in [6.07, 6.45) is 2.61. The van der Waals surface area contributed by atoms with Crippen molar-refractivity contribution >= 4 is 22.5 Å². The number of aryl methyl sites for hydroxylation is 2. The molecular weight excluding hydrogens is 244 g/mol. The summed E-state index contributed by atoms with van der Waals surface area (Å²) in [4.78, 5) is 4.63. The second-order valence-corrected chi connectivity index (χ2v) is 5.63. The SMILES string of the molecule is Cc1cc(CNC2CC2)c2cc(Cl)cc(C)c2n1. The number of nitrogens with zero attached hydrogens (tertiary/aromatic N) is 1. The Labute approximate surface area is 112 Å². The molecule has 0 unspecified atom stereocenters. The van der Waals surface area contributed by atoms with Gasteiger partial charge in [0.2, 0.25) is 0 Å². The summed E-state index contributed by atoms with van der Waals surface area (Å²) in [6, 6.07) is 6.89. The first-order valence-corrected chi connectivity index (χ1v) is 6.81. The van der Waals surface area contributed by atoms with Gasteiger partial charge in [0.1, 0.15) is 0 Å². The Kier molecular flexibility index (Phi) is 3.00. The zero-order valence-corrected chi connectivity index (χ0v) is 11.5. The lowest BCUT2D eigenvalue weighted by Gasteiger charge is -2.11. The van der Waals surface area contributed by atoms with Crippen molar-refractivity contribution in [2.24, 2.45) is 0 Å². The van der Waals surface area contributed by atoms with Gasteiger partial charge in [-0.1, -0.05) is 11.6 Å². The van der Waals surface area contributed by atoms with E-state index < -0.39 is 0 Å². The van der Waals surface area contributed by atoms with Crippen LogP contribution in [0.3, 0.4) is 0 Å². The van der Waals surface area contributed by atoms with Crippen molar-refractivity contribution in [3.05, 3.63) is 40.0 Å². The van der Waals surface area contributed by atoms with Crippen LogP contribution in [0.15, 0.2) is 18.2 Å². The zero-order valence-electron chi connectivity index (χ0n) is 10.8. The second kappa shape index (κ2) is 4.52. The fraction of sp³-hybridized carbons (Fsp3) is 0.400. The van der Waals surface area contributed by atoms with Gasteiger partial charge in [-0.25, -0.2) is 0 Å². The maximum atomic E-state index is 6.16. The highest BCUT2D eigenvalue weighted by Gasteiger charge is 2.20. The van der Waals surface area contributed by atoms with Crippen LogP contribution in [0.25, 0.3) is 10.9 Å². The summed E-state index contributed by atoms with van der Waals surface area (Å²) in [7, 11) is 0. The minimum Gasteiger partial charge on any atom is -0.310 e. The molecule has 1 saturated carbocycles. The van der Waals surface area contributed by atoms with Crippen LogP contribution in [0.4, 0.5) is 0 Å². The van der Waals surface area contributed by atoms with Gasteiger partial charge in [-0.3, -0.25) is 4.98 Å². The molecule has 0 spiro atoms. The Bertz CT molecular complexity index is 603. The topological polar surface area (TPSA) is 24.9 Å². The molecule has 1 fully saturated rings. The van der Waals surface area contributed by atoms with Crippen molar-refractivity contribution in [2.75, 3.05) is 0 Å². The molecule has 0 amide bonds. The predicted octanol–water partition coefficient (Wildman–Crippen LogP) is 3.76. The van der Waals surface area contributed by atoms with E-state index in [1.54, 1.807) is 0 Å². The van der Waals surface area contributed by atoms with Gasteiger partial charge >= 0.3 is 0 Å². The van der Waals surface area contributed by atoms with Crippen molar-refractivity contribution in [3.8, 4) is 0 Å². The number of pyridine rings is 1. The quantitative estimate of drug-likeness (QED) is 0.909. The van der Waals surface area contributed by atoms with Crippen LogP contribution in [0.1, 0.15) is 29.7 Å². The summed E-state index contributed by atoms with van der Waals surface area (Å²) in [5.74, 6) is 0. The molecule has 2 aromatic rings. The lowest BCUT2D eigenvalue weighted by Crippen LogP contribution is -2.15. The van der Waals surface area contributed by atoms with Crippen LogP contribution in [-0.4, -0.2) is 11.0 Å². The van der Waals surface area contributed by atoms with Gasteiger partial charge in [0, 0.05) is 28.7 Å². The van der Waals surface area contributed by atoms with Crippen LogP contribution < -0.4 is 5.32 Å². The van der Waals surface area contributed by atoms with Crippen LogP contribution in [0, 0.1) is 13.8 Å². The maximum absolute atomic E-state index is 6.16. The summed E-state index contributed by atoms with van der Waals surface area (Å²) in [6.45, 7) is 5.02. The number of hydrogen-bond donors (Lipinski definition) is 1. The molecular formula is C15H17ClN2.